The summed E-state index contributed by atoms with van der Waals surface area (Å²) in [5.74, 6) is 0.980. The average Bonchev–Trinajstić information content (AvgIpc) is 2.96. The van der Waals surface area contributed by atoms with Crippen molar-refractivity contribution in [3.05, 3.63) is 11.3 Å². The van der Waals surface area contributed by atoms with Crippen LogP contribution in [0, 0.1) is 18.8 Å². The molecule has 3 atom stereocenters. The molecule has 3 unspecified atom stereocenters. The number of hydrogen-bond donors (Lipinski definition) is 3. The summed E-state index contributed by atoms with van der Waals surface area (Å²) in [6, 6.07) is 0.0133. The second kappa shape index (κ2) is 6.46. The summed E-state index contributed by atoms with van der Waals surface area (Å²) >= 11 is 0. The van der Waals surface area contributed by atoms with Crippen molar-refractivity contribution in [2.45, 2.75) is 57.6 Å². The minimum absolute atomic E-state index is 0.0133. The summed E-state index contributed by atoms with van der Waals surface area (Å²) in [6.45, 7) is 6.62. The van der Waals surface area contributed by atoms with Crippen LogP contribution in [0.4, 0.5) is 0 Å². The summed E-state index contributed by atoms with van der Waals surface area (Å²) in [5, 5.41) is 9.89. The Bertz CT molecular complexity index is 582. The van der Waals surface area contributed by atoms with E-state index in [-0.39, 0.29) is 11.1 Å². The molecular weight excluding hydrogens is 288 g/mol. The zero-order valence-electron chi connectivity index (χ0n) is 13.2. The fraction of sp³-hybridized carbons (Fsp3) is 0.786. The van der Waals surface area contributed by atoms with Crippen molar-refractivity contribution in [2.24, 2.45) is 11.8 Å². The maximum atomic E-state index is 12.6. The molecule has 120 valence electrons. The topological polar surface area (TPSA) is 86.9 Å². The molecule has 1 fully saturated rings. The number of rotatable bonds is 6. The van der Waals surface area contributed by atoms with Crippen LogP contribution in [0.2, 0.25) is 0 Å². The third-order valence-electron chi connectivity index (χ3n) is 4.70. The molecular formula is C14H26N4O2S. The van der Waals surface area contributed by atoms with Crippen LogP contribution in [0.5, 0.6) is 0 Å². The second-order valence-electron chi connectivity index (χ2n) is 6.00. The lowest BCUT2D eigenvalue weighted by molar-refractivity contribution is 0.368. The minimum Gasteiger partial charge on any atom is -0.316 e. The third-order valence-corrected chi connectivity index (χ3v) is 6.16. The van der Waals surface area contributed by atoms with Gasteiger partial charge in [0.2, 0.25) is 0 Å². The van der Waals surface area contributed by atoms with Crippen molar-refractivity contribution in [1.29, 1.82) is 0 Å². The quantitative estimate of drug-likeness (QED) is 0.743. The molecule has 1 aromatic rings. The molecule has 3 N–H and O–H groups in total. The molecule has 0 aromatic carbocycles. The van der Waals surface area contributed by atoms with E-state index in [4.69, 9.17) is 0 Å². The second-order valence-corrected chi connectivity index (χ2v) is 7.62. The highest BCUT2D eigenvalue weighted by Crippen LogP contribution is 2.34. The highest BCUT2D eigenvalue weighted by molar-refractivity contribution is 7.89. The van der Waals surface area contributed by atoms with Crippen LogP contribution in [0.3, 0.4) is 0 Å². The van der Waals surface area contributed by atoms with Crippen molar-refractivity contribution in [2.75, 3.05) is 7.05 Å². The van der Waals surface area contributed by atoms with Gasteiger partial charge in [0, 0.05) is 23.8 Å². The van der Waals surface area contributed by atoms with Gasteiger partial charge >= 0.3 is 0 Å². The van der Waals surface area contributed by atoms with E-state index in [0.29, 0.717) is 23.9 Å². The lowest BCUT2D eigenvalue weighted by Gasteiger charge is -2.20. The molecule has 2 rings (SSSR count). The molecule has 0 saturated heterocycles. The van der Waals surface area contributed by atoms with Gasteiger partial charge in [-0.15, -0.1) is 0 Å². The number of aromatic nitrogens is 2. The number of nitrogens with zero attached hydrogens (tertiary/aromatic N) is 1. The molecule has 1 heterocycles. The van der Waals surface area contributed by atoms with Crippen molar-refractivity contribution in [3.8, 4) is 0 Å². The predicted octanol–water partition coefficient (Wildman–Crippen LogP) is 1.54. The van der Waals surface area contributed by atoms with Gasteiger partial charge in [-0.05, 0) is 38.6 Å². The van der Waals surface area contributed by atoms with Crippen molar-refractivity contribution in [3.63, 3.8) is 0 Å². The smallest absolute Gasteiger partial charge is 0.260 e. The normalized spacial score (nSPS) is 26.4. The number of nitrogens with one attached hydrogen (secondary N) is 3. The Hall–Kier alpha value is -0.920. The van der Waals surface area contributed by atoms with Crippen molar-refractivity contribution >= 4 is 10.0 Å². The van der Waals surface area contributed by atoms with Crippen LogP contribution in [-0.4, -0.2) is 31.7 Å². The highest BCUT2D eigenvalue weighted by Gasteiger charge is 2.35. The monoisotopic (exact) mass is 314 g/mol. The minimum atomic E-state index is -3.57. The molecule has 0 aliphatic heterocycles. The molecule has 1 aliphatic carbocycles. The molecule has 1 saturated carbocycles. The Morgan fingerprint density at radius 3 is 2.67 bits per heavy atom. The van der Waals surface area contributed by atoms with E-state index in [0.717, 1.165) is 25.0 Å². The molecule has 0 bridgehead atoms. The standard InChI is InChI=1S/C14H26N4O2S/c1-5-11-6-7-13(9(11)2)18-21(19,20)14-12(8-15-4)10(3)16-17-14/h9,11,13,15,18H,5-8H2,1-4H3,(H,16,17). The van der Waals surface area contributed by atoms with Crippen LogP contribution >= 0.6 is 0 Å². The van der Waals surface area contributed by atoms with Gasteiger partial charge < -0.3 is 5.32 Å². The van der Waals surface area contributed by atoms with Gasteiger partial charge in [-0.25, -0.2) is 13.1 Å². The van der Waals surface area contributed by atoms with E-state index in [2.05, 4.69) is 34.1 Å². The Morgan fingerprint density at radius 1 is 1.38 bits per heavy atom. The number of aromatic amines is 1. The first-order valence-corrected chi connectivity index (χ1v) is 9.09. The Kier molecular flexibility index (Phi) is 5.06. The van der Waals surface area contributed by atoms with Gasteiger partial charge in [0.15, 0.2) is 5.03 Å². The van der Waals surface area contributed by atoms with E-state index in [9.17, 15) is 8.42 Å². The predicted molar refractivity (Wildman–Crippen MR) is 82.4 cm³/mol. The first-order valence-electron chi connectivity index (χ1n) is 7.61. The van der Waals surface area contributed by atoms with E-state index in [1.165, 1.54) is 0 Å². The van der Waals surface area contributed by atoms with Gasteiger partial charge in [-0.3, -0.25) is 5.10 Å². The van der Waals surface area contributed by atoms with Crippen LogP contribution in [0.25, 0.3) is 0 Å². The molecule has 21 heavy (non-hydrogen) atoms. The van der Waals surface area contributed by atoms with E-state index >= 15 is 0 Å². The first-order chi connectivity index (χ1) is 9.90. The van der Waals surface area contributed by atoms with Crippen molar-refractivity contribution in [1.82, 2.24) is 20.2 Å². The van der Waals surface area contributed by atoms with Gasteiger partial charge in [0.25, 0.3) is 10.0 Å². The van der Waals surface area contributed by atoms with Gasteiger partial charge in [-0.1, -0.05) is 20.3 Å². The zero-order chi connectivity index (χ0) is 15.6. The number of H-pyrrole nitrogens is 1. The van der Waals surface area contributed by atoms with Gasteiger partial charge in [0.1, 0.15) is 0 Å². The van der Waals surface area contributed by atoms with E-state index in [1.54, 1.807) is 7.05 Å². The maximum Gasteiger partial charge on any atom is 0.260 e. The molecule has 0 amide bonds. The van der Waals surface area contributed by atoms with E-state index < -0.39 is 10.0 Å². The van der Waals surface area contributed by atoms with Crippen LogP contribution in [0.1, 0.15) is 44.4 Å². The zero-order valence-corrected chi connectivity index (χ0v) is 14.0. The summed E-state index contributed by atoms with van der Waals surface area (Å²) in [4.78, 5) is 0. The lowest BCUT2D eigenvalue weighted by atomic mass is 9.94. The van der Waals surface area contributed by atoms with Gasteiger partial charge in [-0.2, -0.15) is 5.10 Å². The first kappa shape index (κ1) is 16.5. The SMILES string of the molecule is CCC1CCC(NS(=O)(=O)c2n[nH]c(C)c2CNC)C1C. The fourth-order valence-corrected chi connectivity index (χ4v) is 4.84. The van der Waals surface area contributed by atoms with Crippen LogP contribution < -0.4 is 10.0 Å². The Labute approximate surface area is 127 Å². The molecule has 0 spiro atoms. The average molecular weight is 314 g/mol. The fourth-order valence-electron chi connectivity index (χ4n) is 3.28. The Morgan fingerprint density at radius 2 is 2.10 bits per heavy atom. The number of aryl methyl sites for hydroxylation is 1. The highest BCUT2D eigenvalue weighted by atomic mass is 32.2. The summed E-state index contributed by atoms with van der Waals surface area (Å²) in [5.41, 5.74) is 1.50. The lowest BCUT2D eigenvalue weighted by Crippen LogP contribution is -2.38. The Balaban J connectivity index is 2.20. The summed E-state index contributed by atoms with van der Waals surface area (Å²) < 4.78 is 28.1. The summed E-state index contributed by atoms with van der Waals surface area (Å²) in [7, 11) is -1.78. The molecule has 7 heteroatoms. The maximum absolute atomic E-state index is 12.6. The van der Waals surface area contributed by atoms with Crippen LogP contribution in [-0.2, 0) is 16.6 Å². The van der Waals surface area contributed by atoms with E-state index in [1.807, 2.05) is 6.92 Å². The van der Waals surface area contributed by atoms with Crippen LogP contribution in [0.15, 0.2) is 5.03 Å². The molecule has 1 aromatic heterocycles. The molecule has 6 nitrogen and oxygen atoms in total. The largest absolute Gasteiger partial charge is 0.316 e. The third kappa shape index (κ3) is 3.30. The summed E-state index contributed by atoms with van der Waals surface area (Å²) in [6.07, 6.45) is 3.10. The number of sulfonamides is 1. The molecule has 1 aliphatic rings. The van der Waals surface area contributed by atoms with Gasteiger partial charge in [0.05, 0.1) is 0 Å². The molecule has 0 radical (unpaired) electrons. The van der Waals surface area contributed by atoms with Crippen molar-refractivity contribution < 1.29 is 8.42 Å². The number of hydrogen-bond acceptors (Lipinski definition) is 4.